The Hall–Kier alpha value is -1.55. The Morgan fingerprint density at radius 2 is 2.16 bits per heavy atom. The van der Waals surface area contributed by atoms with Crippen LogP contribution in [-0.4, -0.2) is 17.7 Å². The SMILES string of the molecule is CC(O)c1cccc(NC(=O)NCC(C)C2CC2)c1. The molecule has 0 radical (unpaired) electrons. The van der Waals surface area contributed by atoms with E-state index in [2.05, 4.69) is 17.6 Å². The van der Waals surface area contributed by atoms with E-state index in [0.717, 1.165) is 11.5 Å². The second-order valence-electron chi connectivity index (χ2n) is 5.45. The molecule has 0 bridgehead atoms. The van der Waals surface area contributed by atoms with Gasteiger partial charge in [0.25, 0.3) is 0 Å². The summed E-state index contributed by atoms with van der Waals surface area (Å²) in [6.45, 7) is 4.59. The molecule has 19 heavy (non-hydrogen) atoms. The lowest BCUT2D eigenvalue weighted by atomic mass is 10.1. The zero-order valence-corrected chi connectivity index (χ0v) is 11.5. The van der Waals surface area contributed by atoms with E-state index in [1.54, 1.807) is 13.0 Å². The Bertz CT molecular complexity index is 442. The standard InChI is InChI=1S/C15H22N2O2/c1-10(12-6-7-12)9-16-15(19)17-14-5-3-4-13(8-14)11(2)18/h3-5,8,10-12,18H,6-7,9H2,1-2H3,(H2,16,17,19). The Balaban J connectivity index is 1.82. The summed E-state index contributed by atoms with van der Waals surface area (Å²) in [6, 6.07) is 7.08. The zero-order chi connectivity index (χ0) is 13.8. The number of hydrogen-bond acceptors (Lipinski definition) is 2. The van der Waals surface area contributed by atoms with Gasteiger partial charge in [-0.2, -0.15) is 0 Å². The van der Waals surface area contributed by atoms with Gasteiger partial charge in [-0.3, -0.25) is 0 Å². The van der Waals surface area contributed by atoms with Crippen molar-refractivity contribution in [2.24, 2.45) is 11.8 Å². The maximum absolute atomic E-state index is 11.8. The fourth-order valence-corrected chi connectivity index (χ4v) is 2.14. The van der Waals surface area contributed by atoms with Crippen LogP contribution in [-0.2, 0) is 0 Å². The van der Waals surface area contributed by atoms with Gasteiger partial charge in [0.05, 0.1) is 6.10 Å². The molecule has 2 amide bonds. The maximum Gasteiger partial charge on any atom is 0.319 e. The van der Waals surface area contributed by atoms with Crippen molar-refractivity contribution < 1.29 is 9.90 Å². The lowest BCUT2D eigenvalue weighted by molar-refractivity contribution is 0.199. The summed E-state index contributed by atoms with van der Waals surface area (Å²) in [5, 5.41) is 15.2. The number of aliphatic hydroxyl groups is 1. The molecule has 4 nitrogen and oxygen atoms in total. The summed E-state index contributed by atoms with van der Waals surface area (Å²) in [6.07, 6.45) is 2.06. The minimum atomic E-state index is -0.528. The number of aliphatic hydroxyl groups excluding tert-OH is 1. The Morgan fingerprint density at radius 3 is 2.79 bits per heavy atom. The molecule has 1 saturated carbocycles. The highest BCUT2D eigenvalue weighted by atomic mass is 16.3. The van der Waals surface area contributed by atoms with Gasteiger partial charge in [-0.25, -0.2) is 4.79 Å². The van der Waals surface area contributed by atoms with E-state index in [1.807, 2.05) is 18.2 Å². The number of amides is 2. The minimum absolute atomic E-state index is 0.185. The van der Waals surface area contributed by atoms with Crippen LogP contribution in [0.25, 0.3) is 0 Å². The highest BCUT2D eigenvalue weighted by Gasteiger charge is 2.27. The molecule has 1 fully saturated rings. The van der Waals surface area contributed by atoms with Crippen molar-refractivity contribution in [1.82, 2.24) is 5.32 Å². The molecule has 104 valence electrons. The van der Waals surface area contributed by atoms with Crippen molar-refractivity contribution in [3.63, 3.8) is 0 Å². The first kappa shape index (κ1) is 13.9. The molecule has 1 aliphatic carbocycles. The molecule has 0 saturated heterocycles. The van der Waals surface area contributed by atoms with E-state index in [-0.39, 0.29) is 6.03 Å². The number of nitrogens with one attached hydrogen (secondary N) is 2. The number of rotatable bonds is 5. The smallest absolute Gasteiger partial charge is 0.319 e. The number of hydrogen-bond donors (Lipinski definition) is 3. The summed E-state index contributed by atoms with van der Waals surface area (Å²) in [4.78, 5) is 11.8. The largest absolute Gasteiger partial charge is 0.389 e. The van der Waals surface area contributed by atoms with E-state index in [1.165, 1.54) is 12.8 Å². The van der Waals surface area contributed by atoms with E-state index < -0.39 is 6.10 Å². The fraction of sp³-hybridized carbons (Fsp3) is 0.533. The molecule has 0 aromatic heterocycles. The Labute approximate surface area is 114 Å². The molecule has 2 rings (SSSR count). The van der Waals surface area contributed by atoms with Gasteiger partial charge in [0.2, 0.25) is 0 Å². The molecule has 0 spiro atoms. The van der Waals surface area contributed by atoms with Gasteiger partial charge in [-0.15, -0.1) is 0 Å². The summed E-state index contributed by atoms with van der Waals surface area (Å²) >= 11 is 0. The second-order valence-corrected chi connectivity index (χ2v) is 5.45. The number of carbonyl (C=O) groups excluding carboxylic acids is 1. The first-order valence-corrected chi connectivity index (χ1v) is 6.89. The van der Waals surface area contributed by atoms with E-state index in [0.29, 0.717) is 18.2 Å². The van der Waals surface area contributed by atoms with Crippen LogP contribution in [0.5, 0.6) is 0 Å². The van der Waals surface area contributed by atoms with Crippen molar-refractivity contribution in [3.05, 3.63) is 29.8 Å². The van der Waals surface area contributed by atoms with E-state index in [9.17, 15) is 9.90 Å². The molecule has 3 N–H and O–H groups in total. The first-order valence-electron chi connectivity index (χ1n) is 6.89. The van der Waals surface area contributed by atoms with Gasteiger partial charge in [0.15, 0.2) is 0 Å². The van der Waals surface area contributed by atoms with Crippen LogP contribution in [0, 0.1) is 11.8 Å². The number of anilines is 1. The molecule has 2 unspecified atom stereocenters. The van der Waals surface area contributed by atoms with Crippen LogP contribution in [0.2, 0.25) is 0 Å². The lowest BCUT2D eigenvalue weighted by Crippen LogP contribution is -2.32. The van der Waals surface area contributed by atoms with Crippen molar-refractivity contribution in [1.29, 1.82) is 0 Å². The lowest BCUT2D eigenvalue weighted by Gasteiger charge is -2.13. The van der Waals surface area contributed by atoms with Gasteiger partial charge in [0, 0.05) is 12.2 Å². The van der Waals surface area contributed by atoms with Crippen molar-refractivity contribution in [2.45, 2.75) is 32.8 Å². The van der Waals surface area contributed by atoms with Crippen LogP contribution >= 0.6 is 0 Å². The number of urea groups is 1. The third kappa shape index (κ3) is 4.24. The Kier molecular flexibility index (Phi) is 4.43. The van der Waals surface area contributed by atoms with Crippen LogP contribution in [0.3, 0.4) is 0 Å². The van der Waals surface area contributed by atoms with Gasteiger partial charge < -0.3 is 15.7 Å². The quantitative estimate of drug-likeness (QED) is 0.764. The normalized spacial score (nSPS) is 17.6. The maximum atomic E-state index is 11.8. The van der Waals surface area contributed by atoms with E-state index >= 15 is 0 Å². The summed E-state index contributed by atoms with van der Waals surface area (Å²) < 4.78 is 0. The minimum Gasteiger partial charge on any atom is -0.389 e. The van der Waals surface area contributed by atoms with Crippen LogP contribution in [0.4, 0.5) is 10.5 Å². The molecular formula is C15H22N2O2. The molecule has 0 aliphatic heterocycles. The van der Waals surface area contributed by atoms with Gasteiger partial charge in [-0.1, -0.05) is 19.1 Å². The van der Waals surface area contributed by atoms with E-state index in [4.69, 9.17) is 0 Å². The fourth-order valence-electron chi connectivity index (χ4n) is 2.14. The van der Waals surface area contributed by atoms with Gasteiger partial charge >= 0.3 is 6.03 Å². The summed E-state index contributed by atoms with van der Waals surface area (Å²) in [5.41, 5.74) is 1.50. The highest BCUT2D eigenvalue weighted by molar-refractivity contribution is 5.89. The number of carbonyl (C=O) groups is 1. The molecule has 1 aromatic carbocycles. The number of benzene rings is 1. The third-order valence-corrected chi connectivity index (χ3v) is 3.64. The molecule has 1 aromatic rings. The molecular weight excluding hydrogens is 240 g/mol. The predicted octanol–water partition coefficient (Wildman–Crippen LogP) is 2.91. The average Bonchev–Trinajstić information content (AvgIpc) is 3.20. The van der Waals surface area contributed by atoms with Crippen molar-refractivity contribution in [3.8, 4) is 0 Å². The average molecular weight is 262 g/mol. The molecule has 2 atom stereocenters. The van der Waals surface area contributed by atoms with Gasteiger partial charge in [-0.05, 0) is 49.3 Å². The van der Waals surface area contributed by atoms with Crippen LogP contribution in [0.1, 0.15) is 38.4 Å². The zero-order valence-electron chi connectivity index (χ0n) is 11.5. The predicted molar refractivity (Wildman–Crippen MR) is 76.0 cm³/mol. The second kappa shape index (κ2) is 6.06. The molecule has 4 heteroatoms. The summed E-state index contributed by atoms with van der Waals surface area (Å²) in [5.74, 6) is 1.34. The van der Waals surface area contributed by atoms with Crippen molar-refractivity contribution >= 4 is 11.7 Å². The van der Waals surface area contributed by atoms with Crippen LogP contribution < -0.4 is 10.6 Å². The third-order valence-electron chi connectivity index (χ3n) is 3.64. The topological polar surface area (TPSA) is 61.4 Å². The van der Waals surface area contributed by atoms with Crippen molar-refractivity contribution in [2.75, 3.05) is 11.9 Å². The molecule has 0 heterocycles. The summed E-state index contributed by atoms with van der Waals surface area (Å²) in [7, 11) is 0. The van der Waals surface area contributed by atoms with Gasteiger partial charge in [0.1, 0.15) is 0 Å². The van der Waals surface area contributed by atoms with Crippen LogP contribution in [0.15, 0.2) is 24.3 Å². The highest BCUT2D eigenvalue weighted by Crippen LogP contribution is 2.36. The molecule has 1 aliphatic rings. The first-order chi connectivity index (χ1) is 9.06. The Morgan fingerprint density at radius 1 is 1.42 bits per heavy atom. The monoisotopic (exact) mass is 262 g/mol.